The molecule has 22 heavy (non-hydrogen) atoms. The molecule has 0 aliphatic carbocycles. The quantitative estimate of drug-likeness (QED) is 0.816. The van der Waals surface area contributed by atoms with Gasteiger partial charge in [-0.15, -0.1) is 0 Å². The third-order valence-corrected chi connectivity index (χ3v) is 4.50. The lowest BCUT2D eigenvalue weighted by Crippen LogP contribution is -2.54. The van der Waals surface area contributed by atoms with Crippen molar-refractivity contribution >= 4 is 24.4 Å². The molecule has 0 fully saturated rings. The van der Waals surface area contributed by atoms with Gasteiger partial charge in [0, 0.05) is 31.2 Å². The SMILES string of the molecule is CCC(C)C(=O)N1Cc2ccccc2CC1C(=O)NCCS. The van der Waals surface area contributed by atoms with E-state index in [4.69, 9.17) is 0 Å². The molecule has 2 rings (SSSR count). The standard InChI is InChI=1S/C17H24N2O2S/c1-3-12(2)17(21)19-11-14-7-5-4-6-13(14)10-15(19)16(20)18-8-9-22/h4-7,12,15,22H,3,8-11H2,1-2H3,(H,18,20). The van der Waals surface area contributed by atoms with Crippen molar-refractivity contribution < 1.29 is 9.59 Å². The highest BCUT2D eigenvalue weighted by Crippen LogP contribution is 2.25. The van der Waals surface area contributed by atoms with Crippen LogP contribution in [0.4, 0.5) is 0 Å². The van der Waals surface area contributed by atoms with Gasteiger partial charge in [0.05, 0.1) is 0 Å². The van der Waals surface area contributed by atoms with Crippen molar-refractivity contribution in [1.29, 1.82) is 0 Å². The van der Waals surface area contributed by atoms with Crippen LogP contribution in [0.25, 0.3) is 0 Å². The summed E-state index contributed by atoms with van der Waals surface area (Å²) < 4.78 is 0. The molecule has 0 spiro atoms. The van der Waals surface area contributed by atoms with Crippen molar-refractivity contribution in [2.75, 3.05) is 12.3 Å². The third-order valence-electron chi connectivity index (χ3n) is 4.28. The number of hydrogen-bond donors (Lipinski definition) is 2. The third kappa shape index (κ3) is 3.64. The Kier molecular flexibility index (Phi) is 5.89. The first kappa shape index (κ1) is 16.9. The molecule has 0 aromatic heterocycles. The lowest BCUT2D eigenvalue weighted by molar-refractivity contribution is -0.144. The number of carbonyl (C=O) groups is 2. The Bertz CT molecular complexity index is 547. The summed E-state index contributed by atoms with van der Waals surface area (Å²) in [6.07, 6.45) is 1.36. The summed E-state index contributed by atoms with van der Waals surface area (Å²) in [5.41, 5.74) is 2.29. The van der Waals surface area contributed by atoms with Crippen LogP contribution in [0.2, 0.25) is 0 Å². The fourth-order valence-corrected chi connectivity index (χ4v) is 2.86. The molecule has 0 radical (unpaired) electrons. The van der Waals surface area contributed by atoms with Crippen LogP contribution in [0.5, 0.6) is 0 Å². The first-order valence-corrected chi connectivity index (χ1v) is 8.47. The monoisotopic (exact) mass is 320 g/mol. The van der Waals surface area contributed by atoms with Gasteiger partial charge in [0.25, 0.3) is 0 Å². The van der Waals surface area contributed by atoms with Gasteiger partial charge in [-0.3, -0.25) is 9.59 Å². The van der Waals surface area contributed by atoms with E-state index in [-0.39, 0.29) is 17.7 Å². The molecular formula is C17H24N2O2S. The number of benzene rings is 1. The number of nitrogens with one attached hydrogen (secondary N) is 1. The summed E-state index contributed by atoms with van der Waals surface area (Å²) in [4.78, 5) is 26.9. The van der Waals surface area contributed by atoms with Crippen molar-refractivity contribution in [2.24, 2.45) is 5.92 Å². The van der Waals surface area contributed by atoms with Crippen LogP contribution in [0, 0.1) is 5.92 Å². The van der Waals surface area contributed by atoms with E-state index in [0.29, 0.717) is 25.3 Å². The summed E-state index contributed by atoms with van der Waals surface area (Å²) in [5.74, 6) is 0.502. The number of fused-ring (bicyclic) bond motifs is 1. The number of thiol groups is 1. The average Bonchev–Trinajstić information content (AvgIpc) is 2.56. The van der Waals surface area contributed by atoms with Crippen molar-refractivity contribution in [1.82, 2.24) is 10.2 Å². The van der Waals surface area contributed by atoms with Crippen LogP contribution in [-0.2, 0) is 22.6 Å². The second-order valence-corrected chi connectivity index (χ2v) is 6.23. The Labute approximate surface area is 137 Å². The van der Waals surface area contributed by atoms with E-state index in [1.54, 1.807) is 4.90 Å². The van der Waals surface area contributed by atoms with Crippen LogP contribution >= 0.6 is 12.6 Å². The van der Waals surface area contributed by atoms with E-state index < -0.39 is 6.04 Å². The maximum atomic E-state index is 12.7. The summed E-state index contributed by atoms with van der Waals surface area (Å²) in [5, 5.41) is 2.87. The number of amides is 2. The lowest BCUT2D eigenvalue weighted by Gasteiger charge is -2.37. The molecule has 1 heterocycles. The van der Waals surface area contributed by atoms with Crippen molar-refractivity contribution in [2.45, 2.75) is 39.3 Å². The van der Waals surface area contributed by atoms with Gasteiger partial charge in [0.15, 0.2) is 0 Å². The summed E-state index contributed by atoms with van der Waals surface area (Å²) in [6, 6.07) is 7.61. The summed E-state index contributed by atoms with van der Waals surface area (Å²) in [7, 11) is 0. The highest BCUT2D eigenvalue weighted by Gasteiger charge is 2.35. The second kappa shape index (κ2) is 7.68. The number of nitrogens with zero attached hydrogens (tertiary/aromatic N) is 1. The molecule has 1 aliphatic heterocycles. The van der Waals surface area contributed by atoms with E-state index in [0.717, 1.165) is 17.5 Å². The van der Waals surface area contributed by atoms with E-state index in [2.05, 4.69) is 17.9 Å². The maximum Gasteiger partial charge on any atom is 0.243 e. The molecule has 2 atom stereocenters. The van der Waals surface area contributed by atoms with E-state index in [1.807, 2.05) is 38.1 Å². The molecule has 1 N–H and O–H groups in total. The van der Waals surface area contributed by atoms with Crippen LogP contribution in [-0.4, -0.2) is 35.1 Å². The average molecular weight is 320 g/mol. The van der Waals surface area contributed by atoms with Crippen LogP contribution in [0.15, 0.2) is 24.3 Å². The smallest absolute Gasteiger partial charge is 0.243 e. The lowest BCUT2D eigenvalue weighted by atomic mass is 9.92. The predicted molar refractivity (Wildman–Crippen MR) is 90.8 cm³/mol. The van der Waals surface area contributed by atoms with E-state index in [1.165, 1.54) is 0 Å². The Morgan fingerprint density at radius 2 is 2.05 bits per heavy atom. The summed E-state index contributed by atoms with van der Waals surface area (Å²) >= 11 is 4.12. The van der Waals surface area contributed by atoms with Crippen LogP contribution in [0.3, 0.4) is 0 Å². The van der Waals surface area contributed by atoms with Gasteiger partial charge in [0.2, 0.25) is 11.8 Å². The fraction of sp³-hybridized carbons (Fsp3) is 0.529. The van der Waals surface area contributed by atoms with Crippen molar-refractivity contribution in [3.63, 3.8) is 0 Å². The molecular weight excluding hydrogens is 296 g/mol. The highest BCUT2D eigenvalue weighted by atomic mass is 32.1. The first-order chi connectivity index (χ1) is 10.6. The molecule has 5 heteroatoms. The maximum absolute atomic E-state index is 12.7. The van der Waals surface area contributed by atoms with Gasteiger partial charge in [-0.1, -0.05) is 38.1 Å². The van der Waals surface area contributed by atoms with Crippen molar-refractivity contribution in [3.05, 3.63) is 35.4 Å². The van der Waals surface area contributed by atoms with Gasteiger partial charge < -0.3 is 10.2 Å². The molecule has 1 aromatic carbocycles. The van der Waals surface area contributed by atoms with Gasteiger partial charge in [-0.25, -0.2) is 0 Å². The van der Waals surface area contributed by atoms with Crippen molar-refractivity contribution in [3.8, 4) is 0 Å². The molecule has 0 saturated carbocycles. The molecule has 2 amide bonds. The summed E-state index contributed by atoms with van der Waals surface area (Å²) in [6.45, 7) is 4.95. The first-order valence-electron chi connectivity index (χ1n) is 7.84. The van der Waals surface area contributed by atoms with Crippen LogP contribution in [0.1, 0.15) is 31.4 Å². The van der Waals surface area contributed by atoms with E-state index >= 15 is 0 Å². The second-order valence-electron chi connectivity index (χ2n) is 5.78. The number of carbonyl (C=O) groups excluding carboxylic acids is 2. The Morgan fingerprint density at radius 3 is 2.68 bits per heavy atom. The highest BCUT2D eigenvalue weighted by molar-refractivity contribution is 7.80. The minimum absolute atomic E-state index is 0.0584. The minimum Gasteiger partial charge on any atom is -0.353 e. The Balaban J connectivity index is 2.26. The Morgan fingerprint density at radius 1 is 1.36 bits per heavy atom. The van der Waals surface area contributed by atoms with Gasteiger partial charge in [0.1, 0.15) is 6.04 Å². The van der Waals surface area contributed by atoms with Gasteiger partial charge in [-0.05, 0) is 17.5 Å². The fourth-order valence-electron chi connectivity index (χ4n) is 2.74. The van der Waals surface area contributed by atoms with Gasteiger partial charge in [-0.2, -0.15) is 12.6 Å². The molecule has 0 bridgehead atoms. The Hall–Kier alpha value is -1.49. The van der Waals surface area contributed by atoms with Crippen LogP contribution < -0.4 is 5.32 Å². The predicted octanol–water partition coefficient (Wildman–Crippen LogP) is 2.03. The molecule has 120 valence electrons. The zero-order valence-corrected chi connectivity index (χ0v) is 14.1. The largest absolute Gasteiger partial charge is 0.353 e. The topological polar surface area (TPSA) is 49.4 Å². The molecule has 1 aromatic rings. The molecule has 4 nitrogen and oxygen atoms in total. The molecule has 1 aliphatic rings. The molecule has 0 saturated heterocycles. The number of hydrogen-bond acceptors (Lipinski definition) is 3. The zero-order valence-electron chi connectivity index (χ0n) is 13.2. The van der Waals surface area contributed by atoms with Gasteiger partial charge >= 0.3 is 0 Å². The normalized spacial score (nSPS) is 18.5. The number of rotatable bonds is 5. The minimum atomic E-state index is -0.420. The molecule has 2 unspecified atom stereocenters. The zero-order chi connectivity index (χ0) is 16.1. The van der Waals surface area contributed by atoms with E-state index in [9.17, 15) is 9.59 Å².